The van der Waals surface area contributed by atoms with E-state index in [9.17, 15) is 4.79 Å². The molecule has 0 bridgehead atoms. The lowest BCUT2D eigenvalue weighted by Crippen LogP contribution is -2.42. The van der Waals surface area contributed by atoms with E-state index in [-0.39, 0.29) is 11.7 Å². The molecule has 4 heteroatoms. The standard InChI is InChI=1S/C11H20N2O2/c1-11(7-12-2)8-13(10(14)15-11)9-5-3-4-6-9/h9,12H,3-8H2,1-2H3. The molecule has 0 aromatic heterocycles. The summed E-state index contributed by atoms with van der Waals surface area (Å²) in [7, 11) is 1.89. The van der Waals surface area contributed by atoms with Gasteiger partial charge in [0, 0.05) is 12.6 Å². The predicted molar refractivity (Wildman–Crippen MR) is 57.8 cm³/mol. The van der Waals surface area contributed by atoms with Crippen LogP contribution in [-0.4, -0.2) is 42.8 Å². The molecular weight excluding hydrogens is 192 g/mol. The van der Waals surface area contributed by atoms with Crippen molar-refractivity contribution in [3.63, 3.8) is 0 Å². The first kappa shape index (κ1) is 10.7. The summed E-state index contributed by atoms with van der Waals surface area (Å²) in [5.74, 6) is 0. The maximum absolute atomic E-state index is 11.7. The molecule has 1 saturated heterocycles. The zero-order valence-electron chi connectivity index (χ0n) is 9.58. The fourth-order valence-electron chi connectivity index (χ4n) is 2.69. The minimum Gasteiger partial charge on any atom is -0.440 e. The number of hydrogen-bond donors (Lipinski definition) is 1. The van der Waals surface area contributed by atoms with E-state index in [0.717, 1.165) is 25.9 Å². The van der Waals surface area contributed by atoms with Gasteiger partial charge in [-0.1, -0.05) is 12.8 Å². The molecule has 1 heterocycles. The Hall–Kier alpha value is -0.770. The highest BCUT2D eigenvalue weighted by molar-refractivity contribution is 5.71. The predicted octanol–water partition coefficient (Wildman–Crippen LogP) is 1.36. The van der Waals surface area contributed by atoms with Gasteiger partial charge in [0.05, 0.1) is 6.54 Å². The molecule has 0 aromatic carbocycles. The summed E-state index contributed by atoms with van der Waals surface area (Å²) in [5.41, 5.74) is -0.339. The minimum atomic E-state index is -0.339. The van der Waals surface area contributed by atoms with Crippen LogP contribution in [-0.2, 0) is 4.74 Å². The van der Waals surface area contributed by atoms with Crippen LogP contribution in [0.4, 0.5) is 4.79 Å². The summed E-state index contributed by atoms with van der Waals surface area (Å²) in [6, 6.07) is 0.427. The van der Waals surface area contributed by atoms with Crippen LogP contribution in [0.25, 0.3) is 0 Å². The molecule has 0 radical (unpaired) electrons. The van der Waals surface area contributed by atoms with Crippen LogP contribution in [0.2, 0.25) is 0 Å². The molecule has 15 heavy (non-hydrogen) atoms. The van der Waals surface area contributed by atoms with Gasteiger partial charge in [-0.05, 0) is 26.8 Å². The van der Waals surface area contributed by atoms with E-state index >= 15 is 0 Å². The Labute approximate surface area is 91.0 Å². The molecule has 1 N–H and O–H groups in total. The molecule has 1 amide bonds. The molecule has 2 rings (SSSR count). The lowest BCUT2D eigenvalue weighted by molar-refractivity contribution is 0.0727. The van der Waals surface area contributed by atoms with E-state index in [2.05, 4.69) is 5.32 Å². The molecule has 0 aromatic rings. The molecule has 86 valence electrons. The molecule has 2 aliphatic rings. The second-order valence-electron chi connectivity index (χ2n) is 4.91. The Bertz CT molecular complexity index is 251. The largest absolute Gasteiger partial charge is 0.440 e. The van der Waals surface area contributed by atoms with Gasteiger partial charge in [0.1, 0.15) is 5.60 Å². The van der Waals surface area contributed by atoms with Crippen molar-refractivity contribution in [2.75, 3.05) is 20.1 Å². The van der Waals surface area contributed by atoms with Crippen molar-refractivity contribution in [3.8, 4) is 0 Å². The van der Waals surface area contributed by atoms with Crippen molar-refractivity contribution in [1.29, 1.82) is 0 Å². The minimum absolute atomic E-state index is 0.125. The lowest BCUT2D eigenvalue weighted by Gasteiger charge is -2.23. The Balaban J connectivity index is 2.00. The molecule has 4 nitrogen and oxygen atoms in total. The zero-order chi connectivity index (χ0) is 10.9. The highest BCUT2D eigenvalue weighted by Gasteiger charge is 2.44. The van der Waals surface area contributed by atoms with Crippen LogP contribution in [0, 0.1) is 0 Å². The Morgan fingerprint density at radius 1 is 1.53 bits per heavy atom. The van der Waals surface area contributed by atoms with Gasteiger partial charge in [0.25, 0.3) is 0 Å². The van der Waals surface area contributed by atoms with Crippen LogP contribution in [0.5, 0.6) is 0 Å². The third-order valence-corrected chi connectivity index (χ3v) is 3.39. The summed E-state index contributed by atoms with van der Waals surface area (Å²) in [5, 5.41) is 3.08. The van der Waals surface area contributed by atoms with E-state index in [4.69, 9.17) is 4.74 Å². The number of nitrogens with one attached hydrogen (secondary N) is 1. The van der Waals surface area contributed by atoms with Crippen molar-refractivity contribution in [3.05, 3.63) is 0 Å². The van der Waals surface area contributed by atoms with Gasteiger partial charge >= 0.3 is 6.09 Å². The van der Waals surface area contributed by atoms with E-state index in [1.54, 1.807) is 0 Å². The number of likely N-dealkylation sites (N-methyl/N-ethyl adjacent to an activating group) is 1. The van der Waals surface area contributed by atoms with Crippen molar-refractivity contribution >= 4 is 6.09 Å². The maximum atomic E-state index is 11.7. The van der Waals surface area contributed by atoms with Crippen LogP contribution in [0.3, 0.4) is 0 Å². The quantitative estimate of drug-likeness (QED) is 0.768. The van der Waals surface area contributed by atoms with Gasteiger partial charge in [0.2, 0.25) is 0 Å². The number of cyclic esters (lactones) is 1. The molecule has 0 spiro atoms. The van der Waals surface area contributed by atoms with Gasteiger partial charge in [-0.2, -0.15) is 0 Å². The second-order valence-corrected chi connectivity index (χ2v) is 4.91. The first-order valence-electron chi connectivity index (χ1n) is 5.79. The summed E-state index contributed by atoms with van der Waals surface area (Å²) in [6.45, 7) is 3.45. The number of ether oxygens (including phenoxy) is 1. The number of carbonyl (C=O) groups excluding carboxylic acids is 1. The molecule has 1 aliphatic carbocycles. The SMILES string of the molecule is CNCC1(C)CN(C2CCCC2)C(=O)O1. The fraction of sp³-hybridized carbons (Fsp3) is 0.909. The van der Waals surface area contributed by atoms with Gasteiger partial charge in [0.15, 0.2) is 0 Å². The molecule has 1 unspecified atom stereocenters. The van der Waals surface area contributed by atoms with Crippen LogP contribution >= 0.6 is 0 Å². The first-order chi connectivity index (χ1) is 7.14. The zero-order valence-corrected chi connectivity index (χ0v) is 9.58. The third-order valence-electron chi connectivity index (χ3n) is 3.39. The topological polar surface area (TPSA) is 41.6 Å². The van der Waals surface area contributed by atoms with Gasteiger partial charge in [-0.15, -0.1) is 0 Å². The number of hydrogen-bond acceptors (Lipinski definition) is 3. The number of nitrogens with zero attached hydrogens (tertiary/aromatic N) is 1. The number of rotatable bonds is 3. The van der Waals surface area contributed by atoms with E-state index in [1.807, 2.05) is 18.9 Å². The normalized spacial score (nSPS) is 32.4. The monoisotopic (exact) mass is 212 g/mol. The molecular formula is C11H20N2O2. The average Bonchev–Trinajstić information content (AvgIpc) is 2.74. The summed E-state index contributed by atoms with van der Waals surface area (Å²) in [6.07, 6.45) is 4.66. The summed E-state index contributed by atoms with van der Waals surface area (Å²) in [4.78, 5) is 13.6. The molecule has 2 fully saturated rings. The lowest BCUT2D eigenvalue weighted by atomic mass is 10.1. The van der Waals surface area contributed by atoms with Crippen molar-refractivity contribution in [2.45, 2.75) is 44.2 Å². The Kier molecular flexibility index (Phi) is 2.87. The van der Waals surface area contributed by atoms with Gasteiger partial charge in [-0.3, -0.25) is 0 Å². The highest BCUT2D eigenvalue weighted by atomic mass is 16.6. The van der Waals surface area contributed by atoms with Crippen molar-refractivity contribution < 1.29 is 9.53 Å². The summed E-state index contributed by atoms with van der Waals surface area (Å²) >= 11 is 0. The van der Waals surface area contributed by atoms with Crippen LogP contribution in [0.15, 0.2) is 0 Å². The smallest absolute Gasteiger partial charge is 0.410 e. The average molecular weight is 212 g/mol. The van der Waals surface area contributed by atoms with Crippen LogP contribution < -0.4 is 5.32 Å². The second kappa shape index (κ2) is 4.00. The maximum Gasteiger partial charge on any atom is 0.410 e. The fourth-order valence-corrected chi connectivity index (χ4v) is 2.69. The van der Waals surface area contributed by atoms with E-state index in [1.165, 1.54) is 12.8 Å². The van der Waals surface area contributed by atoms with Crippen LogP contribution in [0.1, 0.15) is 32.6 Å². The van der Waals surface area contributed by atoms with Gasteiger partial charge < -0.3 is 15.0 Å². The third kappa shape index (κ3) is 2.09. The van der Waals surface area contributed by atoms with Crippen molar-refractivity contribution in [1.82, 2.24) is 10.2 Å². The summed E-state index contributed by atoms with van der Waals surface area (Å²) < 4.78 is 5.44. The number of amides is 1. The number of carbonyl (C=O) groups is 1. The first-order valence-corrected chi connectivity index (χ1v) is 5.79. The Morgan fingerprint density at radius 3 is 2.80 bits per heavy atom. The van der Waals surface area contributed by atoms with E-state index < -0.39 is 0 Å². The molecule has 1 aliphatic heterocycles. The molecule has 1 saturated carbocycles. The highest BCUT2D eigenvalue weighted by Crippen LogP contribution is 2.30. The molecule has 1 atom stereocenters. The van der Waals surface area contributed by atoms with Crippen molar-refractivity contribution in [2.24, 2.45) is 0 Å². The Morgan fingerprint density at radius 2 is 2.20 bits per heavy atom. The van der Waals surface area contributed by atoms with E-state index in [0.29, 0.717) is 6.04 Å². The van der Waals surface area contributed by atoms with Gasteiger partial charge in [-0.25, -0.2) is 4.79 Å².